The van der Waals surface area contributed by atoms with Gasteiger partial charge >= 0.3 is 5.97 Å². The summed E-state index contributed by atoms with van der Waals surface area (Å²) in [5.41, 5.74) is 1.27. The van der Waals surface area contributed by atoms with E-state index in [0.717, 1.165) is 25.7 Å². The molecule has 0 aromatic rings. The molecule has 0 heterocycles. The molecule has 0 amide bonds. The zero-order valence-corrected chi connectivity index (χ0v) is 11.3. The minimum absolute atomic E-state index is 0.120. The van der Waals surface area contributed by atoms with E-state index in [4.69, 9.17) is 5.11 Å². The van der Waals surface area contributed by atoms with Gasteiger partial charge in [-0.3, -0.25) is 4.79 Å². The van der Waals surface area contributed by atoms with Crippen LogP contribution in [-0.2, 0) is 4.79 Å². The van der Waals surface area contributed by atoms with E-state index in [1.807, 2.05) is 0 Å². The van der Waals surface area contributed by atoms with Crippen LogP contribution >= 0.6 is 0 Å². The van der Waals surface area contributed by atoms with Crippen LogP contribution in [0.25, 0.3) is 0 Å². The molecular weight excluding hydrogens is 228 g/mol. The quantitative estimate of drug-likeness (QED) is 0.743. The zero-order chi connectivity index (χ0) is 13.4. The molecule has 2 rings (SSSR count). The molecule has 3 nitrogen and oxygen atoms in total. The van der Waals surface area contributed by atoms with Crippen LogP contribution in [0.15, 0.2) is 12.2 Å². The van der Waals surface area contributed by atoms with Crippen LogP contribution in [0.5, 0.6) is 0 Å². The summed E-state index contributed by atoms with van der Waals surface area (Å²) in [6.07, 6.45) is 3.29. The van der Waals surface area contributed by atoms with Crippen molar-refractivity contribution in [3.8, 4) is 0 Å². The van der Waals surface area contributed by atoms with Gasteiger partial charge in [0.15, 0.2) is 0 Å². The van der Waals surface area contributed by atoms with E-state index in [1.165, 1.54) is 5.57 Å². The molecule has 0 radical (unpaired) electrons. The smallest absolute Gasteiger partial charge is 0.306 e. The van der Waals surface area contributed by atoms with Crippen LogP contribution in [0.4, 0.5) is 0 Å². The van der Waals surface area contributed by atoms with Crippen LogP contribution in [0.1, 0.15) is 39.5 Å². The van der Waals surface area contributed by atoms with Crippen LogP contribution in [0.3, 0.4) is 0 Å². The number of allylic oxidation sites excluding steroid dienone is 1. The molecule has 0 aromatic heterocycles. The number of hydrogen-bond acceptors (Lipinski definition) is 2. The van der Waals surface area contributed by atoms with E-state index < -0.39 is 18.0 Å². The topological polar surface area (TPSA) is 57.5 Å². The fraction of sp³-hybridized carbons (Fsp3) is 0.800. The van der Waals surface area contributed by atoms with E-state index in [-0.39, 0.29) is 5.92 Å². The molecular formula is C15H24O3. The lowest BCUT2D eigenvalue weighted by molar-refractivity contribution is -0.147. The molecule has 0 bridgehead atoms. The summed E-state index contributed by atoms with van der Waals surface area (Å²) in [7, 11) is 0. The molecule has 2 saturated carbocycles. The van der Waals surface area contributed by atoms with Gasteiger partial charge in [-0.05, 0) is 49.4 Å². The molecule has 0 saturated heterocycles. The summed E-state index contributed by atoms with van der Waals surface area (Å²) in [5.74, 6) is 0.155. The summed E-state index contributed by atoms with van der Waals surface area (Å²) < 4.78 is 0. The van der Waals surface area contributed by atoms with Gasteiger partial charge in [-0.2, -0.15) is 0 Å². The average molecular weight is 252 g/mol. The van der Waals surface area contributed by atoms with Crippen LogP contribution < -0.4 is 0 Å². The lowest BCUT2D eigenvalue weighted by Gasteiger charge is -2.47. The van der Waals surface area contributed by atoms with Gasteiger partial charge in [-0.15, -0.1) is 0 Å². The minimum atomic E-state index is -0.799. The highest BCUT2D eigenvalue weighted by atomic mass is 16.4. The molecule has 3 heteroatoms. The Hall–Kier alpha value is -0.830. The predicted molar refractivity (Wildman–Crippen MR) is 70.0 cm³/mol. The number of aliphatic hydroxyl groups is 1. The normalized spacial score (nSPS) is 42.2. The lowest BCUT2D eigenvalue weighted by Crippen LogP contribution is -2.44. The molecule has 2 fully saturated rings. The van der Waals surface area contributed by atoms with Gasteiger partial charge < -0.3 is 10.2 Å². The first-order valence-corrected chi connectivity index (χ1v) is 7.00. The van der Waals surface area contributed by atoms with Gasteiger partial charge in [0.2, 0.25) is 0 Å². The van der Waals surface area contributed by atoms with E-state index in [0.29, 0.717) is 17.8 Å². The molecule has 0 spiro atoms. The number of fused-ring (bicyclic) bond motifs is 1. The fourth-order valence-electron chi connectivity index (χ4n) is 3.87. The highest BCUT2D eigenvalue weighted by molar-refractivity contribution is 5.70. The first-order chi connectivity index (χ1) is 8.41. The van der Waals surface area contributed by atoms with Crippen molar-refractivity contribution in [3.05, 3.63) is 12.2 Å². The molecule has 0 aliphatic heterocycles. The standard InChI is InChI=1S/C15H24O3/c1-8-4-5-9(2)12-7-14(16)13(6-11(8)12)10(3)15(17)18/h9-14,16H,1,4-7H2,2-3H3,(H,17,18)/t9-,10?,11?,12?,13-,14-/m1/s1. The molecule has 18 heavy (non-hydrogen) atoms. The average Bonchev–Trinajstić information content (AvgIpc) is 2.32. The number of aliphatic hydroxyl groups excluding tert-OH is 1. The van der Waals surface area contributed by atoms with Crippen molar-refractivity contribution in [3.63, 3.8) is 0 Å². The molecule has 2 aliphatic carbocycles. The summed E-state index contributed by atoms with van der Waals surface area (Å²) in [6.45, 7) is 8.13. The molecule has 3 unspecified atom stereocenters. The molecule has 6 atom stereocenters. The molecule has 2 N–H and O–H groups in total. The number of carbonyl (C=O) groups is 1. The van der Waals surface area contributed by atoms with Gasteiger partial charge in [0, 0.05) is 0 Å². The first kappa shape index (κ1) is 13.6. The number of aliphatic carboxylic acids is 1. The zero-order valence-electron chi connectivity index (χ0n) is 11.3. The van der Waals surface area contributed by atoms with E-state index in [9.17, 15) is 9.90 Å². The lowest BCUT2D eigenvalue weighted by atomic mass is 9.59. The number of carboxylic acid groups (broad SMARTS) is 1. The number of carboxylic acids is 1. The third kappa shape index (κ3) is 2.33. The molecule has 102 valence electrons. The highest BCUT2D eigenvalue weighted by Crippen LogP contribution is 2.49. The van der Waals surface area contributed by atoms with Crippen molar-refractivity contribution in [1.29, 1.82) is 0 Å². The monoisotopic (exact) mass is 252 g/mol. The Bertz CT molecular complexity index is 350. The summed E-state index contributed by atoms with van der Waals surface area (Å²) in [5, 5.41) is 19.4. The maximum absolute atomic E-state index is 11.1. The Kier molecular flexibility index (Phi) is 3.81. The summed E-state index contributed by atoms with van der Waals surface area (Å²) in [4.78, 5) is 11.1. The van der Waals surface area contributed by atoms with Crippen molar-refractivity contribution >= 4 is 5.97 Å². The minimum Gasteiger partial charge on any atom is -0.481 e. The summed E-state index contributed by atoms with van der Waals surface area (Å²) >= 11 is 0. The van der Waals surface area contributed by atoms with Gasteiger partial charge in [0.25, 0.3) is 0 Å². The third-order valence-electron chi connectivity index (χ3n) is 5.26. The Morgan fingerprint density at radius 3 is 2.72 bits per heavy atom. The Balaban J connectivity index is 2.15. The summed E-state index contributed by atoms with van der Waals surface area (Å²) in [6, 6.07) is 0. The van der Waals surface area contributed by atoms with Gasteiger partial charge in [0.1, 0.15) is 0 Å². The second-order valence-corrected chi connectivity index (χ2v) is 6.27. The van der Waals surface area contributed by atoms with Gasteiger partial charge in [0.05, 0.1) is 12.0 Å². The largest absolute Gasteiger partial charge is 0.481 e. The Morgan fingerprint density at radius 2 is 2.11 bits per heavy atom. The van der Waals surface area contributed by atoms with Gasteiger partial charge in [-0.1, -0.05) is 26.0 Å². The second kappa shape index (κ2) is 5.04. The Morgan fingerprint density at radius 1 is 1.44 bits per heavy atom. The van der Waals surface area contributed by atoms with E-state index >= 15 is 0 Å². The SMILES string of the molecule is C=C1CC[C@@H](C)C2C[C@@H](O)[C@@H](C(C)C(=O)O)CC12. The maximum atomic E-state index is 11.1. The highest BCUT2D eigenvalue weighted by Gasteiger charge is 2.44. The van der Waals surface area contributed by atoms with Crippen LogP contribution in [-0.4, -0.2) is 22.3 Å². The van der Waals surface area contributed by atoms with Crippen molar-refractivity contribution in [2.24, 2.45) is 29.6 Å². The molecule has 2 aliphatic rings. The third-order valence-corrected chi connectivity index (χ3v) is 5.26. The van der Waals surface area contributed by atoms with E-state index in [1.54, 1.807) is 6.92 Å². The van der Waals surface area contributed by atoms with Crippen LogP contribution in [0.2, 0.25) is 0 Å². The maximum Gasteiger partial charge on any atom is 0.306 e. The van der Waals surface area contributed by atoms with Gasteiger partial charge in [-0.25, -0.2) is 0 Å². The van der Waals surface area contributed by atoms with Crippen molar-refractivity contribution < 1.29 is 15.0 Å². The number of hydrogen-bond donors (Lipinski definition) is 2. The Labute approximate surface area is 109 Å². The van der Waals surface area contributed by atoms with Crippen molar-refractivity contribution in [2.75, 3.05) is 0 Å². The molecule has 0 aromatic carbocycles. The second-order valence-electron chi connectivity index (χ2n) is 6.27. The first-order valence-electron chi connectivity index (χ1n) is 7.00. The van der Waals surface area contributed by atoms with Crippen molar-refractivity contribution in [2.45, 2.75) is 45.6 Å². The fourth-order valence-corrected chi connectivity index (χ4v) is 3.87. The predicted octanol–water partition coefficient (Wildman–Crippen LogP) is 2.70. The number of rotatable bonds is 2. The van der Waals surface area contributed by atoms with Crippen molar-refractivity contribution in [1.82, 2.24) is 0 Å². The van der Waals surface area contributed by atoms with E-state index in [2.05, 4.69) is 13.5 Å². The van der Waals surface area contributed by atoms with Crippen LogP contribution in [0, 0.1) is 29.6 Å².